The third kappa shape index (κ3) is 4.11. The smallest absolute Gasteiger partial charge is 0.141 e. The third-order valence-electron chi connectivity index (χ3n) is 4.20. The van der Waals surface area contributed by atoms with Crippen molar-refractivity contribution >= 4 is 15.9 Å². The van der Waals surface area contributed by atoms with Gasteiger partial charge in [-0.25, -0.2) is 0 Å². The minimum Gasteiger partial charge on any atom is -0.456 e. The highest BCUT2D eigenvalue weighted by Crippen LogP contribution is 2.31. The largest absolute Gasteiger partial charge is 0.456 e. The molecule has 0 amide bonds. The van der Waals surface area contributed by atoms with E-state index in [9.17, 15) is 0 Å². The Morgan fingerprint density at radius 2 is 1.77 bits per heavy atom. The second-order valence-electron chi connectivity index (χ2n) is 5.83. The number of piperidine rings is 1. The average Bonchev–Trinajstić information content (AvgIpc) is 2.57. The molecule has 1 aliphatic heterocycles. The summed E-state index contributed by atoms with van der Waals surface area (Å²) < 4.78 is 7.10. The van der Waals surface area contributed by atoms with Crippen molar-refractivity contribution in [2.75, 3.05) is 6.54 Å². The normalized spacial score (nSPS) is 18.1. The Hall–Kier alpha value is -1.32. The van der Waals surface area contributed by atoms with Gasteiger partial charge in [0.2, 0.25) is 0 Å². The molecule has 1 unspecified atom stereocenters. The van der Waals surface area contributed by atoms with E-state index >= 15 is 0 Å². The first-order chi connectivity index (χ1) is 10.8. The highest BCUT2D eigenvalue weighted by molar-refractivity contribution is 9.10. The molecule has 1 saturated heterocycles. The highest BCUT2D eigenvalue weighted by Gasteiger charge is 2.14. The van der Waals surface area contributed by atoms with Gasteiger partial charge >= 0.3 is 0 Å². The molecule has 0 saturated carbocycles. The maximum Gasteiger partial charge on any atom is 0.141 e. The lowest BCUT2D eigenvalue weighted by Gasteiger charge is -2.23. The SMILES string of the molecule is Brc1ccccc1Oc1ccccc1CCC1CCCCN1. The summed E-state index contributed by atoms with van der Waals surface area (Å²) in [5.41, 5.74) is 1.28. The van der Waals surface area contributed by atoms with E-state index in [0.29, 0.717) is 6.04 Å². The lowest BCUT2D eigenvalue weighted by atomic mass is 9.97. The van der Waals surface area contributed by atoms with Crippen molar-refractivity contribution in [3.05, 3.63) is 58.6 Å². The molecule has 0 radical (unpaired) electrons. The Kier molecular flexibility index (Phi) is 5.52. The van der Waals surface area contributed by atoms with Gasteiger partial charge in [-0.3, -0.25) is 0 Å². The van der Waals surface area contributed by atoms with Crippen LogP contribution in [0, 0.1) is 0 Å². The van der Waals surface area contributed by atoms with Crippen molar-refractivity contribution in [1.82, 2.24) is 5.32 Å². The molecule has 3 rings (SSSR count). The maximum atomic E-state index is 6.11. The molecule has 22 heavy (non-hydrogen) atoms. The number of halogens is 1. The summed E-state index contributed by atoms with van der Waals surface area (Å²) in [6.07, 6.45) is 6.20. The predicted octanol–water partition coefficient (Wildman–Crippen LogP) is 5.32. The van der Waals surface area contributed by atoms with Gasteiger partial charge in [-0.15, -0.1) is 0 Å². The fourth-order valence-electron chi connectivity index (χ4n) is 2.96. The number of aryl methyl sites for hydroxylation is 1. The van der Waals surface area contributed by atoms with Gasteiger partial charge in [-0.1, -0.05) is 36.8 Å². The molecule has 0 aliphatic carbocycles. The van der Waals surface area contributed by atoms with Gasteiger partial charge in [0.1, 0.15) is 11.5 Å². The zero-order valence-electron chi connectivity index (χ0n) is 12.7. The quantitative estimate of drug-likeness (QED) is 0.780. The van der Waals surface area contributed by atoms with Crippen LogP contribution in [0.4, 0.5) is 0 Å². The van der Waals surface area contributed by atoms with E-state index < -0.39 is 0 Å². The third-order valence-corrected chi connectivity index (χ3v) is 4.86. The summed E-state index contributed by atoms with van der Waals surface area (Å²) in [7, 11) is 0. The van der Waals surface area contributed by atoms with Gasteiger partial charge in [0, 0.05) is 6.04 Å². The Bertz CT molecular complexity index is 608. The number of nitrogens with one attached hydrogen (secondary N) is 1. The molecular weight excluding hydrogens is 338 g/mol. The molecule has 0 aromatic heterocycles. The van der Waals surface area contributed by atoms with Crippen LogP contribution in [0.15, 0.2) is 53.0 Å². The Balaban J connectivity index is 1.68. The maximum absolute atomic E-state index is 6.11. The van der Waals surface area contributed by atoms with E-state index in [2.05, 4.69) is 39.4 Å². The molecule has 1 fully saturated rings. The molecule has 1 aliphatic rings. The van der Waals surface area contributed by atoms with Crippen molar-refractivity contribution in [3.8, 4) is 11.5 Å². The van der Waals surface area contributed by atoms with Crippen LogP contribution in [0.2, 0.25) is 0 Å². The summed E-state index contributed by atoms with van der Waals surface area (Å²) >= 11 is 3.54. The van der Waals surface area contributed by atoms with Crippen LogP contribution in [-0.4, -0.2) is 12.6 Å². The van der Waals surface area contributed by atoms with Gasteiger partial charge in [0.15, 0.2) is 0 Å². The van der Waals surface area contributed by atoms with Crippen molar-refractivity contribution in [3.63, 3.8) is 0 Å². The topological polar surface area (TPSA) is 21.3 Å². The van der Waals surface area contributed by atoms with Gasteiger partial charge < -0.3 is 10.1 Å². The average molecular weight is 360 g/mol. The monoisotopic (exact) mass is 359 g/mol. The predicted molar refractivity (Wildman–Crippen MR) is 94.6 cm³/mol. The number of rotatable bonds is 5. The van der Waals surface area contributed by atoms with E-state index in [1.807, 2.05) is 30.3 Å². The fraction of sp³-hybridized carbons (Fsp3) is 0.368. The number of benzene rings is 2. The molecule has 0 spiro atoms. The van der Waals surface area contributed by atoms with Crippen LogP contribution in [0.3, 0.4) is 0 Å². The second-order valence-corrected chi connectivity index (χ2v) is 6.68. The van der Waals surface area contributed by atoms with Gasteiger partial charge in [0.05, 0.1) is 4.47 Å². The highest BCUT2D eigenvalue weighted by atomic mass is 79.9. The molecule has 3 heteroatoms. The first-order valence-electron chi connectivity index (χ1n) is 8.06. The summed E-state index contributed by atoms with van der Waals surface area (Å²) in [6.45, 7) is 1.17. The number of hydrogen-bond donors (Lipinski definition) is 1. The van der Waals surface area contributed by atoms with Crippen molar-refractivity contribution in [2.45, 2.75) is 38.1 Å². The lowest BCUT2D eigenvalue weighted by molar-refractivity contribution is 0.380. The van der Waals surface area contributed by atoms with E-state index in [1.54, 1.807) is 0 Å². The molecule has 1 atom stereocenters. The first kappa shape index (κ1) is 15.6. The summed E-state index contributed by atoms with van der Waals surface area (Å²) in [6, 6.07) is 17.0. The fourth-order valence-corrected chi connectivity index (χ4v) is 3.32. The van der Waals surface area contributed by atoms with E-state index in [-0.39, 0.29) is 0 Å². The van der Waals surface area contributed by atoms with Crippen molar-refractivity contribution in [1.29, 1.82) is 0 Å². The van der Waals surface area contributed by atoms with E-state index in [4.69, 9.17) is 4.74 Å². The Morgan fingerprint density at radius 3 is 2.55 bits per heavy atom. The number of para-hydroxylation sites is 2. The van der Waals surface area contributed by atoms with Crippen LogP contribution in [0.25, 0.3) is 0 Å². The first-order valence-corrected chi connectivity index (χ1v) is 8.86. The number of ether oxygens (including phenoxy) is 1. The minimum atomic E-state index is 0.658. The molecular formula is C19H22BrNO. The molecule has 2 aromatic carbocycles. The zero-order valence-corrected chi connectivity index (χ0v) is 14.3. The lowest BCUT2D eigenvalue weighted by Crippen LogP contribution is -2.34. The summed E-state index contributed by atoms with van der Waals surface area (Å²) in [5.74, 6) is 1.83. The molecule has 2 aromatic rings. The van der Waals surface area contributed by atoms with Crippen LogP contribution < -0.4 is 10.1 Å². The minimum absolute atomic E-state index is 0.658. The van der Waals surface area contributed by atoms with Crippen LogP contribution in [0.1, 0.15) is 31.2 Å². The standard InChI is InChI=1S/C19H22BrNO/c20-17-9-2-4-11-19(17)22-18-10-3-1-7-15(18)12-13-16-8-5-6-14-21-16/h1-4,7,9-11,16,21H,5-6,8,12-14H2. The Labute approximate surface area is 141 Å². The molecule has 1 heterocycles. The molecule has 2 nitrogen and oxygen atoms in total. The van der Waals surface area contributed by atoms with Crippen LogP contribution >= 0.6 is 15.9 Å². The van der Waals surface area contributed by atoms with E-state index in [0.717, 1.165) is 22.4 Å². The van der Waals surface area contributed by atoms with Gasteiger partial charge in [-0.05, 0) is 71.9 Å². The van der Waals surface area contributed by atoms with Crippen LogP contribution in [0.5, 0.6) is 11.5 Å². The van der Waals surface area contributed by atoms with Crippen molar-refractivity contribution < 1.29 is 4.74 Å². The van der Waals surface area contributed by atoms with Gasteiger partial charge in [0.25, 0.3) is 0 Å². The summed E-state index contributed by atoms with van der Waals surface area (Å²) in [4.78, 5) is 0. The van der Waals surface area contributed by atoms with Crippen molar-refractivity contribution in [2.24, 2.45) is 0 Å². The summed E-state index contributed by atoms with van der Waals surface area (Å²) in [5, 5.41) is 3.62. The Morgan fingerprint density at radius 1 is 1.00 bits per heavy atom. The van der Waals surface area contributed by atoms with E-state index in [1.165, 1.54) is 37.8 Å². The molecule has 0 bridgehead atoms. The zero-order chi connectivity index (χ0) is 15.2. The second kappa shape index (κ2) is 7.80. The van der Waals surface area contributed by atoms with Crippen LogP contribution in [-0.2, 0) is 6.42 Å². The molecule has 116 valence electrons. The number of hydrogen-bond acceptors (Lipinski definition) is 2. The molecule has 1 N–H and O–H groups in total. The van der Waals surface area contributed by atoms with Gasteiger partial charge in [-0.2, -0.15) is 0 Å².